The minimum Gasteiger partial charge on any atom is -0.325 e. The van der Waals surface area contributed by atoms with Gasteiger partial charge in [0, 0.05) is 16.0 Å². The van der Waals surface area contributed by atoms with Gasteiger partial charge in [-0.15, -0.1) is 23.1 Å². The number of amides is 1. The number of anilines is 1. The summed E-state index contributed by atoms with van der Waals surface area (Å²) in [7, 11) is 0. The predicted octanol–water partition coefficient (Wildman–Crippen LogP) is 3.22. The van der Waals surface area contributed by atoms with Crippen LogP contribution in [0, 0.1) is 0 Å². The molecule has 1 aliphatic rings. The molecule has 28 heavy (non-hydrogen) atoms. The Morgan fingerprint density at radius 3 is 3.18 bits per heavy atom. The van der Waals surface area contributed by atoms with E-state index in [0.717, 1.165) is 46.1 Å². The van der Waals surface area contributed by atoms with Crippen molar-refractivity contribution in [2.75, 3.05) is 11.1 Å². The molecule has 0 saturated carbocycles. The van der Waals surface area contributed by atoms with Crippen LogP contribution in [0.1, 0.15) is 22.7 Å². The molecule has 142 valence electrons. The molecule has 3 heterocycles. The molecule has 4 aromatic rings. The Kier molecular flexibility index (Phi) is 4.40. The van der Waals surface area contributed by atoms with Gasteiger partial charge >= 0.3 is 0 Å². The number of hydrogen-bond donors (Lipinski definition) is 3. The molecule has 3 N–H and O–H groups in total. The lowest BCUT2D eigenvalue weighted by molar-refractivity contribution is -0.113. The summed E-state index contributed by atoms with van der Waals surface area (Å²) in [4.78, 5) is 34.3. The number of aromatic amines is 2. The van der Waals surface area contributed by atoms with E-state index in [-0.39, 0.29) is 17.2 Å². The summed E-state index contributed by atoms with van der Waals surface area (Å²) in [5.41, 5.74) is 2.79. The fraction of sp³-hybridized carbons (Fsp3) is 0.263. The summed E-state index contributed by atoms with van der Waals surface area (Å²) < 4.78 is 0. The van der Waals surface area contributed by atoms with Gasteiger partial charge in [-0.3, -0.25) is 14.7 Å². The van der Waals surface area contributed by atoms with Crippen LogP contribution < -0.4 is 10.9 Å². The van der Waals surface area contributed by atoms with Gasteiger partial charge in [0.15, 0.2) is 0 Å². The number of nitrogens with zero attached hydrogens (tertiary/aromatic N) is 2. The minimum atomic E-state index is -0.0913. The largest absolute Gasteiger partial charge is 0.325 e. The van der Waals surface area contributed by atoms with Crippen molar-refractivity contribution in [3.63, 3.8) is 0 Å². The lowest BCUT2D eigenvalue weighted by Crippen LogP contribution is -2.15. The van der Waals surface area contributed by atoms with Gasteiger partial charge in [-0.1, -0.05) is 0 Å². The van der Waals surface area contributed by atoms with Crippen molar-refractivity contribution in [2.45, 2.75) is 25.0 Å². The van der Waals surface area contributed by atoms with Crippen molar-refractivity contribution in [1.29, 1.82) is 0 Å². The molecule has 0 unspecified atom stereocenters. The van der Waals surface area contributed by atoms with Crippen LogP contribution in [0.15, 0.2) is 29.2 Å². The standard InChI is InChI=1S/C19H17N5O2S2/c25-16(21-11-4-5-13-10(6-11)7-20-24-13)9-27-8-15-22-18(26)17-12-2-1-3-14(12)28-19(17)23-15/h4-7H,1-3,8-9H2,(H,20,24)(H,21,25)(H,22,23,26). The molecular formula is C19H17N5O2S2. The number of aryl methyl sites for hydroxylation is 2. The molecule has 7 nitrogen and oxygen atoms in total. The van der Waals surface area contributed by atoms with Crippen LogP contribution in [0.4, 0.5) is 5.69 Å². The Labute approximate surface area is 168 Å². The summed E-state index contributed by atoms with van der Waals surface area (Å²) in [6, 6.07) is 5.60. The second kappa shape index (κ2) is 7.06. The number of nitrogens with one attached hydrogen (secondary N) is 3. The first kappa shape index (κ1) is 17.4. The number of benzene rings is 1. The Bertz CT molecular complexity index is 1260. The zero-order chi connectivity index (χ0) is 19.1. The number of carbonyl (C=O) groups is 1. The molecule has 0 radical (unpaired) electrons. The van der Waals surface area contributed by atoms with E-state index in [1.165, 1.54) is 22.2 Å². The van der Waals surface area contributed by atoms with Crippen molar-refractivity contribution in [2.24, 2.45) is 0 Å². The summed E-state index contributed by atoms with van der Waals surface area (Å²) >= 11 is 3.06. The van der Waals surface area contributed by atoms with Crippen molar-refractivity contribution in [3.05, 3.63) is 51.0 Å². The monoisotopic (exact) mass is 411 g/mol. The highest BCUT2D eigenvalue weighted by Gasteiger charge is 2.21. The van der Waals surface area contributed by atoms with Crippen molar-refractivity contribution >= 4 is 55.8 Å². The fourth-order valence-electron chi connectivity index (χ4n) is 3.57. The molecule has 0 spiro atoms. The van der Waals surface area contributed by atoms with Crippen LogP contribution in [0.3, 0.4) is 0 Å². The molecule has 0 aliphatic heterocycles. The van der Waals surface area contributed by atoms with E-state index in [2.05, 4.69) is 25.5 Å². The zero-order valence-electron chi connectivity index (χ0n) is 14.9. The van der Waals surface area contributed by atoms with E-state index >= 15 is 0 Å². The van der Waals surface area contributed by atoms with Crippen molar-refractivity contribution in [3.8, 4) is 0 Å². The Morgan fingerprint density at radius 2 is 2.25 bits per heavy atom. The van der Waals surface area contributed by atoms with Gasteiger partial charge in [-0.2, -0.15) is 5.10 Å². The molecule has 0 fully saturated rings. The SMILES string of the molecule is O=C(CSCc1nc2sc3c(c2c(=O)[nH]1)CCC3)Nc1ccc2[nH]ncc2c1. The third-order valence-electron chi connectivity index (χ3n) is 4.82. The molecule has 5 rings (SSSR count). The fourth-order valence-corrected chi connectivity index (χ4v) is 5.54. The summed E-state index contributed by atoms with van der Waals surface area (Å²) in [5, 5.41) is 11.4. The van der Waals surface area contributed by atoms with E-state index in [1.807, 2.05) is 18.2 Å². The van der Waals surface area contributed by atoms with E-state index in [1.54, 1.807) is 17.5 Å². The van der Waals surface area contributed by atoms with Gasteiger partial charge in [0.1, 0.15) is 10.7 Å². The van der Waals surface area contributed by atoms with E-state index in [9.17, 15) is 9.59 Å². The first-order valence-corrected chi connectivity index (χ1v) is 11.0. The lowest BCUT2D eigenvalue weighted by atomic mass is 10.2. The maximum atomic E-state index is 12.5. The predicted molar refractivity (Wildman–Crippen MR) is 113 cm³/mol. The average Bonchev–Trinajstić information content (AvgIpc) is 3.36. The number of thiophene rings is 1. The van der Waals surface area contributed by atoms with Crippen LogP contribution in [0.25, 0.3) is 21.1 Å². The smallest absolute Gasteiger partial charge is 0.259 e. The highest BCUT2D eigenvalue weighted by Crippen LogP contribution is 2.34. The second-order valence-electron chi connectivity index (χ2n) is 6.76. The number of aromatic nitrogens is 4. The number of fused-ring (bicyclic) bond motifs is 4. The first-order chi connectivity index (χ1) is 13.7. The molecule has 0 bridgehead atoms. The minimum absolute atomic E-state index is 0.0575. The quantitative estimate of drug-likeness (QED) is 0.468. The molecule has 1 aromatic carbocycles. The number of thioether (sulfide) groups is 1. The summed E-state index contributed by atoms with van der Waals surface area (Å²) in [6.07, 6.45) is 4.86. The van der Waals surface area contributed by atoms with E-state index in [4.69, 9.17) is 0 Å². The van der Waals surface area contributed by atoms with Crippen molar-refractivity contribution in [1.82, 2.24) is 20.2 Å². The maximum Gasteiger partial charge on any atom is 0.259 e. The molecule has 1 amide bonds. The van der Waals surface area contributed by atoms with Gasteiger partial charge in [0.25, 0.3) is 5.56 Å². The molecule has 9 heteroatoms. The Balaban J connectivity index is 1.22. The van der Waals surface area contributed by atoms with Crippen LogP contribution in [0.5, 0.6) is 0 Å². The van der Waals surface area contributed by atoms with Crippen LogP contribution >= 0.6 is 23.1 Å². The summed E-state index contributed by atoms with van der Waals surface area (Å²) in [6.45, 7) is 0. The van der Waals surface area contributed by atoms with Gasteiger partial charge in [0.2, 0.25) is 5.91 Å². The average molecular weight is 412 g/mol. The number of H-pyrrole nitrogens is 2. The molecule has 0 saturated heterocycles. The van der Waals surface area contributed by atoms with E-state index in [0.29, 0.717) is 11.6 Å². The Hall–Kier alpha value is -2.65. The normalized spacial score (nSPS) is 13.3. The first-order valence-electron chi connectivity index (χ1n) is 9.01. The van der Waals surface area contributed by atoms with Crippen LogP contribution in [-0.4, -0.2) is 31.8 Å². The Morgan fingerprint density at radius 1 is 1.32 bits per heavy atom. The number of hydrogen-bond acceptors (Lipinski definition) is 6. The molecule has 3 aromatic heterocycles. The lowest BCUT2D eigenvalue weighted by Gasteiger charge is -2.05. The second-order valence-corrected chi connectivity index (χ2v) is 8.83. The molecule has 1 aliphatic carbocycles. The topological polar surface area (TPSA) is 104 Å². The van der Waals surface area contributed by atoms with Crippen LogP contribution in [-0.2, 0) is 23.4 Å². The van der Waals surface area contributed by atoms with Gasteiger partial charge in [0.05, 0.1) is 28.6 Å². The summed E-state index contributed by atoms with van der Waals surface area (Å²) in [5.74, 6) is 1.30. The molecular weight excluding hydrogens is 394 g/mol. The third-order valence-corrected chi connectivity index (χ3v) is 6.95. The van der Waals surface area contributed by atoms with Crippen LogP contribution in [0.2, 0.25) is 0 Å². The van der Waals surface area contributed by atoms with Gasteiger partial charge in [-0.05, 0) is 43.0 Å². The number of rotatable bonds is 5. The van der Waals surface area contributed by atoms with Crippen molar-refractivity contribution < 1.29 is 4.79 Å². The van der Waals surface area contributed by atoms with Gasteiger partial charge < -0.3 is 10.3 Å². The third kappa shape index (κ3) is 3.20. The molecule has 0 atom stereocenters. The van der Waals surface area contributed by atoms with Gasteiger partial charge in [-0.25, -0.2) is 4.98 Å². The highest BCUT2D eigenvalue weighted by molar-refractivity contribution is 7.99. The zero-order valence-corrected chi connectivity index (χ0v) is 16.5. The maximum absolute atomic E-state index is 12.5. The highest BCUT2D eigenvalue weighted by atomic mass is 32.2. The number of carbonyl (C=O) groups excluding carboxylic acids is 1. The van der Waals surface area contributed by atoms with E-state index < -0.39 is 0 Å².